The Kier molecular flexibility index (Phi) is 4.47. The summed E-state index contributed by atoms with van der Waals surface area (Å²) in [6, 6.07) is 7.31. The van der Waals surface area contributed by atoms with Gasteiger partial charge in [-0.15, -0.1) is 0 Å². The van der Waals surface area contributed by atoms with Gasteiger partial charge in [-0.2, -0.15) is 0 Å². The third-order valence-electron chi connectivity index (χ3n) is 5.24. The first-order chi connectivity index (χ1) is 10.2. The monoisotopic (exact) mass is 287 g/mol. The number of fused-ring (bicyclic) bond motifs is 1. The molecule has 1 aromatic rings. The second-order valence-electron chi connectivity index (χ2n) is 6.56. The molecule has 3 heteroatoms. The summed E-state index contributed by atoms with van der Waals surface area (Å²) in [5.74, 6) is 2.15. The van der Waals surface area contributed by atoms with E-state index in [-0.39, 0.29) is 5.91 Å². The van der Waals surface area contributed by atoms with Gasteiger partial charge >= 0.3 is 0 Å². The average Bonchev–Trinajstić information content (AvgIpc) is 2.53. The van der Waals surface area contributed by atoms with Crippen molar-refractivity contribution in [1.29, 1.82) is 0 Å². The van der Waals surface area contributed by atoms with Crippen molar-refractivity contribution >= 4 is 5.91 Å². The van der Waals surface area contributed by atoms with Crippen LogP contribution in [0.25, 0.3) is 0 Å². The van der Waals surface area contributed by atoms with Gasteiger partial charge in [-0.1, -0.05) is 37.5 Å². The summed E-state index contributed by atoms with van der Waals surface area (Å²) in [4.78, 5) is 14.5. The first kappa shape index (κ1) is 14.4. The summed E-state index contributed by atoms with van der Waals surface area (Å²) < 4.78 is 0. The number of benzene rings is 1. The van der Waals surface area contributed by atoms with Crippen LogP contribution in [-0.4, -0.2) is 29.0 Å². The standard InChI is InChI=1S/C18H25NO2/c20-17-8-4-3-6-15(17)9-10-18(21)19-12-11-14-5-1-2-7-16(14)13-19/h3-4,6,8,14,16,20H,1-2,5,7,9-13H2/t14-,16+/m1/s1. The van der Waals surface area contributed by atoms with Gasteiger partial charge < -0.3 is 10.0 Å². The van der Waals surface area contributed by atoms with Crippen molar-refractivity contribution in [2.75, 3.05) is 13.1 Å². The molecule has 0 spiro atoms. The fourth-order valence-electron chi connectivity index (χ4n) is 3.95. The summed E-state index contributed by atoms with van der Waals surface area (Å²) in [6.45, 7) is 1.89. The number of hydrogen-bond donors (Lipinski definition) is 1. The molecular weight excluding hydrogens is 262 g/mol. The molecule has 1 saturated carbocycles. The molecule has 114 valence electrons. The second-order valence-corrected chi connectivity index (χ2v) is 6.56. The molecule has 0 radical (unpaired) electrons. The van der Waals surface area contributed by atoms with Crippen molar-refractivity contribution in [2.24, 2.45) is 11.8 Å². The first-order valence-corrected chi connectivity index (χ1v) is 8.28. The maximum Gasteiger partial charge on any atom is 0.222 e. The number of piperidine rings is 1. The molecule has 1 saturated heterocycles. The topological polar surface area (TPSA) is 40.5 Å². The van der Waals surface area contributed by atoms with E-state index in [9.17, 15) is 9.90 Å². The van der Waals surface area contributed by atoms with E-state index in [1.54, 1.807) is 6.07 Å². The molecule has 0 unspecified atom stereocenters. The molecule has 1 heterocycles. The molecule has 1 amide bonds. The van der Waals surface area contributed by atoms with Gasteiger partial charge in [0.1, 0.15) is 5.75 Å². The minimum Gasteiger partial charge on any atom is -0.508 e. The van der Waals surface area contributed by atoms with Gasteiger partial charge in [0.15, 0.2) is 0 Å². The van der Waals surface area contributed by atoms with E-state index >= 15 is 0 Å². The maximum atomic E-state index is 12.4. The number of hydrogen-bond acceptors (Lipinski definition) is 2. The van der Waals surface area contributed by atoms with Crippen molar-refractivity contribution in [1.82, 2.24) is 4.90 Å². The SMILES string of the molecule is O=C(CCc1ccccc1O)N1CC[C@H]2CCCC[C@H]2C1. The highest BCUT2D eigenvalue weighted by Gasteiger charge is 2.32. The fraction of sp³-hybridized carbons (Fsp3) is 0.611. The molecule has 1 aliphatic carbocycles. The lowest BCUT2D eigenvalue weighted by molar-refractivity contribution is -0.134. The van der Waals surface area contributed by atoms with Crippen LogP contribution in [0.1, 0.15) is 44.1 Å². The van der Waals surface area contributed by atoms with Gasteiger partial charge in [-0.3, -0.25) is 4.79 Å². The normalized spacial score (nSPS) is 25.4. The van der Waals surface area contributed by atoms with E-state index < -0.39 is 0 Å². The Morgan fingerprint density at radius 1 is 1.14 bits per heavy atom. The summed E-state index contributed by atoms with van der Waals surface area (Å²) in [5, 5.41) is 9.76. The van der Waals surface area contributed by atoms with Crippen molar-refractivity contribution in [2.45, 2.75) is 44.9 Å². The number of phenols is 1. The van der Waals surface area contributed by atoms with Crippen LogP contribution in [0.3, 0.4) is 0 Å². The molecule has 3 rings (SSSR count). The number of nitrogens with zero attached hydrogens (tertiary/aromatic N) is 1. The van der Waals surface area contributed by atoms with Gasteiger partial charge in [0.25, 0.3) is 0 Å². The van der Waals surface area contributed by atoms with Crippen LogP contribution in [0, 0.1) is 11.8 Å². The van der Waals surface area contributed by atoms with E-state index in [0.29, 0.717) is 18.6 Å². The van der Waals surface area contributed by atoms with Crippen molar-refractivity contribution in [3.05, 3.63) is 29.8 Å². The van der Waals surface area contributed by atoms with E-state index in [0.717, 1.165) is 30.5 Å². The van der Waals surface area contributed by atoms with E-state index in [4.69, 9.17) is 0 Å². The number of para-hydroxylation sites is 1. The number of carbonyl (C=O) groups is 1. The van der Waals surface area contributed by atoms with Crippen molar-refractivity contribution < 1.29 is 9.90 Å². The van der Waals surface area contributed by atoms with Gasteiger partial charge in [0.2, 0.25) is 5.91 Å². The lowest BCUT2D eigenvalue weighted by atomic mass is 9.75. The zero-order valence-electron chi connectivity index (χ0n) is 12.6. The molecule has 21 heavy (non-hydrogen) atoms. The summed E-state index contributed by atoms with van der Waals surface area (Å²) in [5.41, 5.74) is 0.874. The highest BCUT2D eigenvalue weighted by Crippen LogP contribution is 2.36. The summed E-state index contributed by atoms with van der Waals surface area (Å²) in [7, 11) is 0. The Bertz CT molecular complexity index is 500. The quantitative estimate of drug-likeness (QED) is 0.926. The Morgan fingerprint density at radius 3 is 2.71 bits per heavy atom. The van der Waals surface area contributed by atoms with Crippen LogP contribution in [0.2, 0.25) is 0 Å². The Labute approximate surface area is 127 Å². The van der Waals surface area contributed by atoms with Gasteiger partial charge in [0.05, 0.1) is 0 Å². The van der Waals surface area contributed by atoms with Crippen LogP contribution < -0.4 is 0 Å². The highest BCUT2D eigenvalue weighted by atomic mass is 16.3. The zero-order chi connectivity index (χ0) is 14.7. The minimum atomic E-state index is 0.252. The largest absolute Gasteiger partial charge is 0.508 e. The molecule has 2 aliphatic rings. The summed E-state index contributed by atoms with van der Waals surface area (Å²) >= 11 is 0. The Morgan fingerprint density at radius 2 is 1.90 bits per heavy atom. The molecule has 0 aromatic heterocycles. The van der Waals surface area contributed by atoms with Crippen LogP contribution in [0.4, 0.5) is 0 Å². The van der Waals surface area contributed by atoms with E-state index in [1.807, 2.05) is 18.2 Å². The molecule has 1 N–H and O–H groups in total. The van der Waals surface area contributed by atoms with E-state index in [1.165, 1.54) is 32.1 Å². The lowest BCUT2D eigenvalue weighted by Crippen LogP contribution is -2.44. The third-order valence-corrected chi connectivity index (χ3v) is 5.24. The number of aryl methyl sites for hydroxylation is 1. The molecule has 1 aliphatic heterocycles. The zero-order valence-corrected chi connectivity index (χ0v) is 12.6. The highest BCUT2D eigenvalue weighted by molar-refractivity contribution is 5.76. The van der Waals surface area contributed by atoms with Gasteiger partial charge in [-0.05, 0) is 42.7 Å². The van der Waals surface area contributed by atoms with Crippen LogP contribution in [0.5, 0.6) is 5.75 Å². The van der Waals surface area contributed by atoms with Crippen molar-refractivity contribution in [3.8, 4) is 5.75 Å². The van der Waals surface area contributed by atoms with Gasteiger partial charge in [0, 0.05) is 19.5 Å². The predicted octanol–water partition coefficient (Wildman–Crippen LogP) is 3.36. The van der Waals surface area contributed by atoms with Crippen LogP contribution in [0.15, 0.2) is 24.3 Å². The summed E-state index contributed by atoms with van der Waals surface area (Å²) in [6.07, 6.45) is 7.71. The van der Waals surface area contributed by atoms with Crippen LogP contribution >= 0.6 is 0 Å². The molecule has 3 nitrogen and oxygen atoms in total. The van der Waals surface area contributed by atoms with E-state index in [2.05, 4.69) is 4.90 Å². The predicted molar refractivity (Wildman–Crippen MR) is 83.1 cm³/mol. The minimum absolute atomic E-state index is 0.252. The number of phenolic OH excluding ortho intramolecular Hbond substituents is 1. The molecule has 1 aromatic carbocycles. The number of rotatable bonds is 3. The number of aromatic hydroxyl groups is 1. The Hall–Kier alpha value is -1.51. The maximum absolute atomic E-state index is 12.4. The molecule has 2 atom stereocenters. The lowest BCUT2D eigenvalue weighted by Gasteiger charge is -2.41. The number of amides is 1. The number of likely N-dealkylation sites (tertiary alicyclic amines) is 1. The van der Waals surface area contributed by atoms with Crippen LogP contribution in [-0.2, 0) is 11.2 Å². The molecule has 0 bridgehead atoms. The average molecular weight is 287 g/mol. The van der Waals surface area contributed by atoms with Crippen molar-refractivity contribution in [3.63, 3.8) is 0 Å². The first-order valence-electron chi connectivity index (χ1n) is 8.28. The Balaban J connectivity index is 1.53. The number of carbonyl (C=O) groups excluding carboxylic acids is 1. The molecular formula is C18H25NO2. The second kappa shape index (κ2) is 6.50. The fourth-order valence-corrected chi connectivity index (χ4v) is 3.95. The van der Waals surface area contributed by atoms with Gasteiger partial charge in [-0.25, -0.2) is 0 Å². The smallest absolute Gasteiger partial charge is 0.222 e. The third kappa shape index (κ3) is 3.39. The molecule has 2 fully saturated rings.